The van der Waals surface area contributed by atoms with E-state index in [4.69, 9.17) is 11.6 Å². The van der Waals surface area contributed by atoms with E-state index in [1.165, 1.54) is 0 Å². The highest BCUT2D eigenvalue weighted by Crippen LogP contribution is 2.35. The first-order valence-electron chi connectivity index (χ1n) is 7.01. The summed E-state index contributed by atoms with van der Waals surface area (Å²) >= 11 is 6.63. The normalized spacial score (nSPS) is 13.3. The number of imidazole rings is 1. The standard InChI is InChI=1S/C15H21ClN2O/c1-3-5-10(6-4-2)14(16)11-7-8-12-13(9-11)18-15(19)17-12/h7-10,14H,3-6H2,1-2H3,(H2,17,18,19). The summed E-state index contributed by atoms with van der Waals surface area (Å²) in [5.74, 6) is 0.500. The average molecular weight is 281 g/mol. The van der Waals surface area contributed by atoms with Crippen LogP contribution < -0.4 is 5.69 Å². The Morgan fingerprint density at radius 3 is 2.37 bits per heavy atom. The summed E-state index contributed by atoms with van der Waals surface area (Å²) < 4.78 is 0. The molecule has 0 spiro atoms. The van der Waals surface area contributed by atoms with E-state index in [1.807, 2.05) is 18.2 Å². The number of halogens is 1. The Hall–Kier alpha value is -1.22. The van der Waals surface area contributed by atoms with E-state index in [-0.39, 0.29) is 11.1 Å². The molecule has 0 aliphatic carbocycles. The number of aromatic amines is 2. The smallest absolute Gasteiger partial charge is 0.306 e. The molecule has 2 rings (SSSR count). The molecule has 0 aliphatic rings. The first-order valence-corrected chi connectivity index (χ1v) is 7.45. The van der Waals surface area contributed by atoms with Crippen molar-refractivity contribution in [2.75, 3.05) is 0 Å². The summed E-state index contributed by atoms with van der Waals surface area (Å²) in [6.07, 6.45) is 4.58. The highest BCUT2D eigenvalue weighted by Gasteiger charge is 2.20. The second kappa shape index (κ2) is 6.29. The van der Waals surface area contributed by atoms with E-state index < -0.39 is 0 Å². The summed E-state index contributed by atoms with van der Waals surface area (Å²) in [6, 6.07) is 5.93. The number of nitrogens with one attached hydrogen (secondary N) is 2. The van der Waals surface area contributed by atoms with E-state index >= 15 is 0 Å². The number of H-pyrrole nitrogens is 2. The number of alkyl halides is 1. The Kier molecular flexibility index (Phi) is 4.70. The Bertz CT molecular complexity index is 581. The summed E-state index contributed by atoms with van der Waals surface area (Å²) in [4.78, 5) is 16.8. The molecule has 1 unspecified atom stereocenters. The van der Waals surface area contributed by atoms with E-state index in [9.17, 15) is 4.79 Å². The highest BCUT2D eigenvalue weighted by atomic mass is 35.5. The molecule has 0 saturated heterocycles. The predicted molar refractivity (Wildman–Crippen MR) is 80.8 cm³/mol. The van der Waals surface area contributed by atoms with Gasteiger partial charge in [0.05, 0.1) is 16.4 Å². The quantitative estimate of drug-likeness (QED) is 0.759. The maximum absolute atomic E-state index is 11.3. The zero-order valence-electron chi connectivity index (χ0n) is 11.5. The lowest BCUT2D eigenvalue weighted by molar-refractivity contribution is 0.426. The van der Waals surface area contributed by atoms with Gasteiger partial charge in [0, 0.05) is 0 Å². The minimum Gasteiger partial charge on any atom is -0.306 e. The van der Waals surface area contributed by atoms with Gasteiger partial charge in [0.15, 0.2) is 0 Å². The molecule has 1 aromatic carbocycles. The van der Waals surface area contributed by atoms with Crippen molar-refractivity contribution in [2.45, 2.75) is 44.9 Å². The molecule has 19 heavy (non-hydrogen) atoms. The van der Waals surface area contributed by atoms with Crippen LogP contribution in [0.1, 0.15) is 50.5 Å². The Morgan fingerprint density at radius 1 is 1.11 bits per heavy atom. The Morgan fingerprint density at radius 2 is 1.74 bits per heavy atom. The SMILES string of the molecule is CCCC(CCC)C(Cl)c1ccc2[nH]c(=O)[nH]c2c1. The molecular weight excluding hydrogens is 260 g/mol. The highest BCUT2D eigenvalue weighted by molar-refractivity contribution is 6.21. The Labute approximate surface area is 118 Å². The van der Waals surface area contributed by atoms with Crippen LogP contribution in [-0.2, 0) is 0 Å². The van der Waals surface area contributed by atoms with Crippen LogP contribution in [0.3, 0.4) is 0 Å². The second-order valence-corrected chi connectivity index (χ2v) is 5.59. The lowest BCUT2D eigenvalue weighted by atomic mass is 9.90. The van der Waals surface area contributed by atoms with E-state index in [0.29, 0.717) is 5.92 Å². The predicted octanol–water partition coefficient (Wildman–Crippen LogP) is 4.35. The van der Waals surface area contributed by atoms with Crippen LogP contribution in [0.4, 0.5) is 0 Å². The molecule has 0 aliphatic heterocycles. The molecule has 0 saturated carbocycles. The molecule has 0 radical (unpaired) electrons. The number of rotatable bonds is 6. The van der Waals surface area contributed by atoms with E-state index in [0.717, 1.165) is 42.3 Å². The fraction of sp³-hybridized carbons (Fsp3) is 0.533. The van der Waals surface area contributed by atoms with Crippen LogP contribution in [0.5, 0.6) is 0 Å². The third-order valence-corrected chi connectivity index (χ3v) is 4.20. The molecule has 2 N–H and O–H groups in total. The van der Waals surface area contributed by atoms with Crippen molar-refractivity contribution in [3.63, 3.8) is 0 Å². The minimum atomic E-state index is -0.170. The van der Waals surface area contributed by atoms with Gasteiger partial charge < -0.3 is 9.97 Å². The van der Waals surface area contributed by atoms with Gasteiger partial charge in [-0.15, -0.1) is 11.6 Å². The van der Waals surface area contributed by atoms with Gasteiger partial charge in [0.2, 0.25) is 0 Å². The molecule has 3 nitrogen and oxygen atoms in total. The van der Waals surface area contributed by atoms with Gasteiger partial charge in [-0.2, -0.15) is 0 Å². The molecule has 104 valence electrons. The molecule has 1 atom stereocenters. The number of fused-ring (bicyclic) bond motifs is 1. The van der Waals surface area contributed by atoms with Crippen molar-refractivity contribution >= 4 is 22.6 Å². The first-order chi connectivity index (χ1) is 9.15. The van der Waals surface area contributed by atoms with Crippen molar-refractivity contribution in [1.82, 2.24) is 9.97 Å². The molecule has 0 amide bonds. The molecule has 1 heterocycles. The maximum Gasteiger partial charge on any atom is 0.323 e. The van der Waals surface area contributed by atoms with Gasteiger partial charge in [-0.1, -0.05) is 32.8 Å². The van der Waals surface area contributed by atoms with Gasteiger partial charge in [-0.25, -0.2) is 4.79 Å². The summed E-state index contributed by atoms with van der Waals surface area (Å²) in [6.45, 7) is 4.39. The van der Waals surface area contributed by atoms with Gasteiger partial charge in [-0.3, -0.25) is 0 Å². The maximum atomic E-state index is 11.3. The number of aromatic nitrogens is 2. The van der Waals surface area contributed by atoms with Crippen molar-refractivity contribution in [2.24, 2.45) is 5.92 Å². The van der Waals surface area contributed by atoms with Crippen molar-refractivity contribution in [3.05, 3.63) is 34.2 Å². The summed E-state index contributed by atoms with van der Waals surface area (Å²) in [5, 5.41) is 0.0164. The third kappa shape index (κ3) is 3.21. The van der Waals surface area contributed by atoms with Crippen molar-refractivity contribution in [3.8, 4) is 0 Å². The second-order valence-electron chi connectivity index (χ2n) is 5.12. The van der Waals surface area contributed by atoms with E-state index in [2.05, 4.69) is 23.8 Å². The molecule has 0 bridgehead atoms. The molecule has 1 aromatic heterocycles. The number of hydrogen-bond acceptors (Lipinski definition) is 1. The zero-order valence-corrected chi connectivity index (χ0v) is 12.3. The van der Waals surface area contributed by atoms with Gasteiger partial charge in [0.25, 0.3) is 0 Å². The van der Waals surface area contributed by atoms with Crippen LogP contribution >= 0.6 is 11.6 Å². The van der Waals surface area contributed by atoms with Crippen LogP contribution in [0.2, 0.25) is 0 Å². The van der Waals surface area contributed by atoms with Crippen molar-refractivity contribution in [1.29, 1.82) is 0 Å². The fourth-order valence-corrected chi connectivity index (χ4v) is 3.06. The summed E-state index contributed by atoms with van der Waals surface area (Å²) in [7, 11) is 0. The van der Waals surface area contributed by atoms with E-state index in [1.54, 1.807) is 0 Å². The van der Waals surface area contributed by atoms with Gasteiger partial charge in [-0.05, 0) is 36.5 Å². The monoisotopic (exact) mass is 280 g/mol. The van der Waals surface area contributed by atoms with Crippen LogP contribution in [0, 0.1) is 5.92 Å². The topological polar surface area (TPSA) is 48.6 Å². The largest absolute Gasteiger partial charge is 0.323 e. The first kappa shape index (κ1) is 14.2. The van der Waals surface area contributed by atoms with Crippen molar-refractivity contribution < 1.29 is 0 Å². The molecule has 0 fully saturated rings. The lowest BCUT2D eigenvalue weighted by Crippen LogP contribution is -2.08. The fourth-order valence-electron chi connectivity index (χ4n) is 2.67. The van der Waals surface area contributed by atoms with Crippen LogP contribution in [0.25, 0.3) is 11.0 Å². The summed E-state index contributed by atoms with van der Waals surface area (Å²) in [5.41, 5.74) is 2.59. The molecule has 2 aromatic rings. The minimum absolute atomic E-state index is 0.0164. The average Bonchev–Trinajstić information content (AvgIpc) is 2.76. The Balaban J connectivity index is 2.28. The van der Waals surface area contributed by atoms with Gasteiger partial charge >= 0.3 is 5.69 Å². The number of hydrogen-bond donors (Lipinski definition) is 2. The zero-order chi connectivity index (χ0) is 13.8. The van der Waals surface area contributed by atoms with Crippen LogP contribution in [-0.4, -0.2) is 9.97 Å². The number of benzene rings is 1. The molecular formula is C15H21ClN2O. The lowest BCUT2D eigenvalue weighted by Gasteiger charge is -2.21. The van der Waals surface area contributed by atoms with Crippen LogP contribution in [0.15, 0.2) is 23.0 Å². The third-order valence-electron chi connectivity index (χ3n) is 3.59. The molecule has 4 heteroatoms. The van der Waals surface area contributed by atoms with Gasteiger partial charge in [0.1, 0.15) is 0 Å².